The van der Waals surface area contributed by atoms with Gasteiger partial charge in [-0.2, -0.15) is 0 Å². The molecule has 100 valence electrons. The van der Waals surface area contributed by atoms with E-state index in [0.717, 1.165) is 12.5 Å². The van der Waals surface area contributed by atoms with Crippen molar-refractivity contribution in [1.29, 1.82) is 0 Å². The van der Waals surface area contributed by atoms with E-state index >= 15 is 0 Å². The summed E-state index contributed by atoms with van der Waals surface area (Å²) in [5.74, 6) is 0.780. The van der Waals surface area contributed by atoms with E-state index in [9.17, 15) is 5.11 Å². The van der Waals surface area contributed by atoms with Crippen LogP contribution in [0.5, 0.6) is 0 Å². The molecule has 0 amide bonds. The molecule has 1 saturated carbocycles. The van der Waals surface area contributed by atoms with Gasteiger partial charge in [-0.1, -0.05) is 43.7 Å². The summed E-state index contributed by atoms with van der Waals surface area (Å²) in [4.78, 5) is 0. The molecule has 1 aromatic rings. The molecular weight excluding hydrogens is 222 g/mol. The van der Waals surface area contributed by atoms with Gasteiger partial charge in [0.25, 0.3) is 0 Å². The van der Waals surface area contributed by atoms with E-state index in [4.69, 9.17) is 0 Å². The van der Waals surface area contributed by atoms with Gasteiger partial charge in [-0.25, -0.2) is 0 Å². The van der Waals surface area contributed by atoms with Gasteiger partial charge in [0.05, 0.1) is 0 Å². The summed E-state index contributed by atoms with van der Waals surface area (Å²) in [5.41, 5.74) is 2.65. The Hall–Kier alpha value is -0.860. The third-order valence-electron chi connectivity index (χ3n) is 3.76. The monoisotopic (exact) mass is 247 g/mol. The molecule has 1 aliphatic rings. The highest BCUT2D eigenvalue weighted by molar-refractivity contribution is 5.25. The smallest absolute Gasteiger partial charge is 0.0494 e. The summed E-state index contributed by atoms with van der Waals surface area (Å²) < 4.78 is 0. The fourth-order valence-electron chi connectivity index (χ4n) is 2.20. The Morgan fingerprint density at radius 1 is 1.28 bits per heavy atom. The number of rotatable bonds is 6. The van der Waals surface area contributed by atoms with Gasteiger partial charge in [-0.05, 0) is 31.2 Å². The van der Waals surface area contributed by atoms with Gasteiger partial charge in [0, 0.05) is 24.6 Å². The second kappa shape index (κ2) is 5.41. The largest absolute Gasteiger partial charge is 0.396 e. The number of aliphatic hydroxyl groups is 1. The summed E-state index contributed by atoms with van der Waals surface area (Å²) in [6, 6.07) is 9.29. The van der Waals surface area contributed by atoms with E-state index in [2.05, 4.69) is 50.4 Å². The summed E-state index contributed by atoms with van der Waals surface area (Å²) in [6.07, 6.45) is 2.65. The van der Waals surface area contributed by atoms with Crippen LogP contribution in [0.4, 0.5) is 0 Å². The molecule has 0 heterocycles. The second-order valence-electron chi connectivity index (χ2n) is 6.43. The summed E-state index contributed by atoms with van der Waals surface area (Å²) in [6.45, 7) is 7.40. The molecule has 2 nitrogen and oxygen atoms in total. The van der Waals surface area contributed by atoms with Crippen molar-refractivity contribution in [1.82, 2.24) is 5.32 Å². The summed E-state index contributed by atoms with van der Waals surface area (Å²) in [7, 11) is 0. The average Bonchev–Trinajstić information content (AvgIpc) is 3.16. The van der Waals surface area contributed by atoms with E-state index in [1.165, 1.54) is 24.0 Å². The second-order valence-corrected chi connectivity index (χ2v) is 6.43. The Morgan fingerprint density at radius 3 is 2.39 bits per heavy atom. The van der Waals surface area contributed by atoms with Gasteiger partial charge < -0.3 is 10.4 Å². The first kappa shape index (κ1) is 13.6. The van der Waals surface area contributed by atoms with E-state index in [-0.39, 0.29) is 12.0 Å². The van der Waals surface area contributed by atoms with Crippen LogP contribution in [0.15, 0.2) is 24.3 Å². The molecule has 0 aliphatic heterocycles. The Morgan fingerprint density at radius 2 is 1.89 bits per heavy atom. The molecule has 0 spiro atoms. The minimum absolute atomic E-state index is 0.0438. The summed E-state index contributed by atoms with van der Waals surface area (Å²) >= 11 is 0. The van der Waals surface area contributed by atoms with E-state index < -0.39 is 0 Å². The van der Waals surface area contributed by atoms with Crippen LogP contribution in [-0.2, 0) is 0 Å². The van der Waals surface area contributed by atoms with Gasteiger partial charge in [0.15, 0.2) is 0 Å². The van der Waals surface area contributed by atoms with Crippen molar-refractivity contribution in [2.45, 2.75) is 39.7 Å². The lowest BCUT2D eigenvalue weighted by atomic mass is 9.93. The molecule has 1 atom stereocenters. The Bertz CT molecular complexity index is 379. The molecule has 2 rings (SSSR count). The fraction of sp³-hybridized carbons (Fsp3) is 0.625. The predicted octanol–water partition coefficient (Wildman–Crippen LogP) is 3.05. The Balaban J connectivity index is 2.02. The van der Waals surface area contributed by atoms with Crippen LogP contribution in [0.25, 0.3) is 0 Å². The number of benzene rings is 1. The van der Waals surface area contributed by atoms with Gasteiger partial charge in [-0.3, -0.25) is 0 Å². The van der Waals surface area contributed by atoms with Crippen LogP contribution in [0.1, 0.15) is 43.9 Å². The molecule has 2 heteroatoms. The molecule has 1 aliphatic carbocycles. The highest BCUT2D eigenvalue weighted by atomic mass is 16.3. The normalized spacial score (nSPS) is 17.8. The molecule has 1 aromatic carbocycles. The van der Waals surface area contributed by atoms with Gasteiger partial charge >= 0.3 is 0 Å². The minimum Gasteiger partial charge on any atom is -0.396 e. The molecular formula is C16H25NO. The lowest BCUT2D eigenvalue weighted by Gasteiger charge is -2.27. The van der Waals surface area contributed by atoms with Crippen LogP contribution in [0, 0.1) is 18.3 Å². The highest BCUT2D eigenvalue weighted by Crippen LogP contribution is 2.41. The maximum atomic E-state index is 9.33. The van der Waals surface area contributed by atoms with Crippen LogP contribution < -0.4 is 5.32 Å². The third-order valence-corrected chi connectivity index (χ3v) is 3.76. The van der Waals surface area contributed by atoms with Crippen LogP contribution in [-0.4, -0.2) is 18.3 Å². The fourth-order valence-corrected chi connectivity index (χ4v) is 2.20. The van der Waals surface area contributed by atoms with Crippen molar-refractivity contribution in [3.05, 3.63) is 35.4 Å². The van der Waals surface area contributed by atoms with Crippen molar-refractivity contribution in [2.75, 3.05) is 13.2 Å². The van der Waals surface area contributed by atoms with Crippen molar-refractivity contribution >= 4 is 0 Å². The quantitative estimate of drug-likeness (QED) is 0.810. The number of nitrogens with one attached hydrogen (secondary N) is 1. The van der Waals surface area contributed by atoms with E-state index in [1.807, 2.05) is 0 Å². The number of hydrogen-bond acceptors (Lipinski definition) is 2. The van der Waals surface area contributed by atoms with E-state index in [0.29, 0.717) is 6.04 Å². The van der Waals surface area contributed by atoms with E-state index in [1.54, 1.807) is 0 Å². The lowest BCUT2D eigenvalue weighted by Crippen LogP contribution is -2.35. The zero-order chi connectivity index (χ0) is 13.2. The molecule has 18 heavy (non-hydrogen) atoms. The average molecular weight is 247 g/mol. The maximum absolute atomic E-state index is 9.33. The van der Waals surface area contributed by atoms with Crippen LogP contribution >= 0.6 is 0 Å². The maximum Gasteiger partial charge on any atom is 0.0494 e. The van der Waals surface area contributed by atoms with Crippen molar-refractivity contribution in [3.63, 3.8) is 0 Å². The molecule has 1 unspecified atom stereocenters. The Kier molecular flexibility index (Phi) is 4.08. The number of hydrogen-bond donors (Lipinski definition) is 2. The Labute approximate surface area is 110 Å². The molecule has 0 radical (unpaired) electrons. The number of aryl methyl sites for hydroxylation is 1. The van der Waals surface area contributed by atoms with Gasteiger partial charge in [0.2, 0.25) is 0 Å². The third kappa shape index (κ3) is 3.56. The molecule has 2 N–H and O–H groups in total. The van der Waals surface area contributed by atoms with Crippen molar-refractivity contribution < 1.29 is 5.11 Å². The van der Waals surface area contributed by atoms with Crippen molar-refractivity contribution in [3.8, 4) is 0 Å². The molecule has 0 bridgehead atoms. The molecule has 0 saturated heterocycles. The number of aliphatic hydroxyl groups excluding tert-OH is 1. The zero-order valence-corrected chi connectivity index (χ0v) is 11.7. The topological polar surface area (TPSA) is 32.3 Å². The SMILES string of the molecule is Cc1ccc(C(NCC(C)(C)CO)C2CC2)cc1. The molecule has 1 fully saturated rings. The van der Waals surface area contributed by atoms with Gasteiger partial charge in [0.1, 0.15) is 0 Å². The van der Waals surface area contributed by atoms with Crippen molar-refractivity contribution in [2.24, 2.45) is 11.3 Å². The first-order valence-electron chi connectivity index (χ1n) is 6.93. The van der Waals surface area contributed by atoms with Gasteiger partial charge in [-0.15, -0.1) is 0 Å². The summed E-state index contributed by atoms with van der Waals surface area (Å²) in [5, 5.41) is 13.0. The first-order chi connectivity index (χ1) is 8.52. The van der Waals surface area contributed by atoms with Crippen LogP contribution in [0.3, 0.4) is 0 Å². The minimum atomic E-state index is -0.0438. The molecule has 0 aromatic heterocycles. The standard InChI is InChI=1S/C16H25NO/c1-12-4-6-13(7-5-12)15(14-8-9-14)17-10-16(2,3)11-18/h4-7,14-15,17-18H,8-11H2,1-3H3. The predicted molar refractivity (Wildman–Crippen MR) is 75.5 cm³/mol. The lowest BCUT2D eigenvalue weighted by molar-refractivity contribution is 0.151. The van der Waals surface area contributed by atoms with Crippen LogP contribution in [0.2, 0.25) is 0 Å². The first-order valence-corrected chi connectivity index (χ1v) is 6.93. The zero-order valence-electron chi connectivity index (χ0n) is 11.7. The highest BCUT2D eigenvalue weighted by Gasteiger charge is 2.33.